The van der Waals surface area contributed by atoms with E-state index in [1.54, 1.807) is 0 Å². The molecule has 0 aliphatic carbocycles. The van der Waals surface area contributed by atoms with Gasteiger partial charge in [0, 0.05) is 19.6 Å². The largest absolute Gasteiger partial charge is 0.373 e. The van der Waals surface area contributed by atoms with Gasteiger partial charge < -0.3 is 4.74 Å². The van der Waals surface area contributed by atoms with Crippen LogP contribution in [0.3, 0.4) is 0 Å². The number of hydrogen-bond donors (Lipinski definition) is 0. The highest BCUT2D eigenvalue weighted by Gasteiger charge is 2.23. The first kappa shape index (κ1) is 21.5. The molecule has 2 nitrogen and oxygen atoms in total. The molecule has 24 heavy (non-hydrogen) atoms. The van der Waals surface area contributed by atoms with Crippen LogP contribution in [-0.2, 0) is 16.6 Å². The smallest absolute Gasteiger partial charge is 0.0678 e. The number of halogens is 1. The van der Waals surface area contributed by atoms with Crippen molar-refractivity contribution in [2.45, 2.75) is 72.0 Å². The molecule has 1 fully saturated rings. The fourth-order valence-electron chi connectivity index (χ4n) is 3.64. The van der Waals surface area contributed by atoms with Gasteiger partial charge in [0.2, 0.25) is 0 Å². The lowest BCUT2D eigenvalue weighted by molar-refractivity contribution is -0.0708. The van der Waals surface area contributed by atoms with Gasteiger partial charge in [0.05, 0.1) is 12.2 Å². The predicted molar refractivity (Wildman–Crippen MR) is 106 cm³/mol. The van der Waals surface area contributed by atoms with Crippen LogP contribution in [0.15, 0.2) is 24.3 Å². The molecular weight excluding hydrogens is 318 g/mol. The summed E-state index contributed by atoms with van der Waals surface area (Å²) in [6.07, 6.45) is 3.06. The molecule has 1 aliphatic rings. The van der Waals surface area contributed by atoms with Gasteiger partial charge in [0.25, 0.3) is 0 Å². The van der Waals surface area contributed by atoms with Gasteiger partial charge in [0.15, 0.2) is 0 Å². The van der Waals surface area contributed by atoms with Crippen LogP contribution < -0.4 is 0 Å². The molecule has 2 rings (SSSR count). The maximum atomic E-state index is 5.83. The Morgan fingerprint density at radius 2 is 1.67 bits per heavy atom. The topological polar surface area (TPSA) is 12.5 Å². The number of benzene rings is 1. The normalized spacial score (nSPS) is 23.6. The summed E-state index contributed by atoms with van der Waals surface area (Å²) in [7, 11) is 0. The Hall–Kier alpha value is -0.570. The summed E-state index contributed by atoms with van der Waals surface area (Å²) in [6.45, 7) is 17.0. The van der Waals surface area contributed by atoms with Gasteiger partial charge in [-0.25, -0.2) is 0 Å². The van der Waals surface area contributed by atoms with E-state index in [9.17, 15) is 0 Å². The van der Waals surface area contributed by atoms with Gasteiger partial charge in [-0.1, -0.05) is 52.0 Å². The summed E-state index contributed by atoms with van der Waals surface area (Å²) in [5.41, 5.74) is 3.19. The van der Waals surface area contributed by atoms with Crippen LogP contribution in [0, 0.1) is 5.92 Å². The molecule has 1 aromatic carbocycles. The highest BCUT2D eigenvalue weighted by Crippen LogP contribution is 2.27. The van der Waals surface area contributed by atoms with Crippen LogP contribution in [0.25, 0.3) is 0 Å². The van der Waals surface area contributed by atoms with E-state index in [1.807, 2.05) is 0 Å². The molecule has 138 valence electrons. The Morgan fingerprint density at radius 3 is 2.17 bits per heavy atom. The van der Waals surface area contributed by atoms with Crippen molar-refractivity contribution in [3.8, 4) is 0 Å². The number of morpholine rings is 1. The van der Waals surface area contributed by atoms with Crippen molar-refractivity contribution >= 4 is 12.4 Å². The maximum absolute atomic E-state index is 5.83. The molecule has 1 aliphatic heterocycles. The molecule has 0 radical (unpaired) electrons. The highest BCUT2D eigenvalue weighted by molar-refractivity contribution is 5.85. The Bertz CT molecular complexity index is 475. The van der Waals surface area contributed by atoms with Gasteiger partial charge in [-0.2, -0.15) is 0 Å². The summed E-state index contributed by atoms with van der Waals surface area (Å²) in [5, 5.41) is 0. The summed E-state index contributed by atoms with van der Waals surface area (Å²) in [6, 6.07) is 9.30. The molecule has 0 spiro atoms. The molecule has 3 heteroatoms. The zero-order valence-electron chi connectivity index (χ0n) is 16.3. The first-order valence-electron chi connectivity index (χ1n) is 9.27. The average Bonchev–Trinajstić information content (AvgIpc) is 2.46. The van der Waals surface area contributed by atoms with Crippen LogP contribution in [0.5, 0.6) is 0 Å². The van der Waals surface area contributed by atoms with Crippen molar-refractivity contribution in [2.24, 2.45) is 5.92 Å². The lowest BCUT2D eigenvalue weighted by Gasteiger charge is -2.36. The van der Waals surface area contributed by atoms with Crippen molar-refractivity contribution in [2.75, 3.05) is 19.6 Å². The minimum Gasteiger partial charge on any atom is -0.373 e. The van der Waals surface area contributed by atoms with Crippen LogP contribution in [0.2, 0.25) is 0 Å². The van der Waals surface area contributed by atoms with Crippen LogP contribution in [0.4, 0.5) is 0 Å². The first-order chi connectivity index (χ1) is 10.8. The first-order valence-corrected chi connectivity index (χ1v) is 9.27. The van der Waals surface area contributed by atoms with Crippen molar-refractivity contribution in [1.82, 2.24) is 4.90 Å². The van der Waals surface area contributed by atoms with E-state index in [1.165, 1.54) is 24.1 Å². The van der Waals surface area contributed by atoms with Gasteiger partial charge in [0.1, 0.15) is 0 Å². The van der Waals surface area contributed by atoms with E-state index in [4.69, 9.17) is 4.74 Å². The van der Waals surface area contributed by atoms with Gasteiger partial charge in [-0.3, -0.25) is 4.90 Å². The van der Waals surface area contributed by atoms with Crippen molar-refractivity contribution in [3.05, 3.63) is 35.4 Å². The van der Waals surface area contributed by atoms with Crippen molar-refractivity contribution in [1.29, 1.82) is 0 Å². The molecule has 0 N–H and O–H groups in total. The molecule has 1 heterocycles. The second-order valence-electron chi connectivity index (χ2n) is 8.22. The van der Waals surface area contributed by atoms with Crippen molar-refractivity contribution in [3.63, 3.8) is 0 Å². The number of hydrogen-bond acceptors (Lipinski definition) is 2. The van der Waals surface area contributed by atoms with Gasteiger partial charge in [-0.05, 0) is 49.1 Å². The lowest BCUT2D eigenvalue weighted by atomic mass is 9.82. The summed E-state index contributed by atoms with van der Waals surface area (Å²) in [5.74, 6) is 0.678. The summed E-state index contributed by atoms with van der Waals surface area (Å²) in [4.78, 5) is 2.57. The quantitative estimate of drug-likeness (QED) is 0.706. The Balaban J connectivity index is 0.00000288. The Kier molecular flexibility index (Phi) is 8.25. The fraction of sp³-hybridized carbons (Fsp3) is 0.714. The van der Waals surface area contributed by atoms with E-state index in [-0.39, 0.29) is 17.8 Å². The average molecular weight is 354 g/mol. The third kappa shape index (κ3) is 6.06. The molecule has 0 amide bonds. The Labute approximate surface area is 155 Å². The third-order valence-corrected chi connectivity index (χ3v) is 5.27. The zero-order valence-corrected chi connectivity index (χ0v) is 17.2. The minimum absolute atomic E-state index is 0. The number of nitrogens with zero attached hydrogens (tertiary/aromatic N) is 1. The molecule has 1 aromatic rings. The number of rotatable bonds is 6. The van der Waals surface area contributed by atoms with Crippen LogP contribution >= 0.6 is 12.4 Å². The van der Waals surface area contributed by atoms with E-state index in [0.717, 1.165) is 19.5 Å². The molecule has 0 saturated carbocycles. The van der Waals surface area contributed by atoms with E-state index in [2.05, 4.69) is 70.7 Å². The highest BCUT2D eigenvalue weighted by atomic mass is 35.5. The van der Waals surface area contributed by atoms with E-state index < -0.39 is 0 Å². The second-order valence-corrected chi connectivity index (χ2v) is 8.22. The van der Waals surface area contributed by atoms with E-state index >= 15 is 0 Å². The van der Waals surface area contributed by atoms with Gasteiger partial charge in [-0.15, -0.1) is 12.4 Å². The minimum atomic E-state index is 0. The third-order valence-electron chi connectivity index (χ3n) is 5.27. The molecule has 1 unspecified atom stereocenters. The zero-order chi connectivity index (χ0) is 17.0. The fourth-order valence-corrected chi connectivity index (χ4v) is 3.64. The standard InChI is InChI=1S/C21H35NO.ClH/c1-7-21(5,6)20-10-8-19(9-11-20)12-16(2)13-22-14-17(3)23-18(4)15-22;/h8-11,16-18H,7,12-15H2,1-6H3;1H/t16?,17-,18-;/m0./s1. The van der Waals surface area contributed by atoms with E-state index in [0.29, 0.717) is 18.1 Å². The SMILES string of the molecule is CCC(C)(C)c1ccc(CC(C)CN2C[C@H](C)O[C@@H](C)C2)cc1.Cl. The Morgan fingerprint density at radius 1 is 1.12 bits per heavy atom. The number of ether oxygens (including phenoxy) is 1. The molecule has 0 bridgehead atoms. The van der Waals surface area contributed by atoms with Crippen LogP contribution in [0.1, 0.15) is 59.1 Å². The molecule has 0 aromatic heterocycles. The molecular formula is C21H36ClNO. The monoisotopic (exact) mass is 353 g/mol. The van der Waals surface area contributed by atoms with Crippen molar-refractivity contribution < 1.29 is 4.74 Å². The molecule has 1 saturated heterocycles. The second kappa shape index (κ2) is 9.22. The van der Waals surface area contributed by atoms with Crippen LogP contribution in [-0.4, -0.2) is 36.7 Å². The molecule has 3 atom stereocenters. The van der Waals surface area contributed by atoms with Gasteiger partial charge >= 0.3 is 0 Å². The predicted octanol–water partition coefficient (Wildman–Crippen LogP) is 5.08. The maximum Gasteiger partial charge on any atom is 0.0678 e. The summed E-state index contributed by atoms with van der Waals surface area (Å²) < 4.78 is 5.83. The summed E-state index contributed by atoms with van der Waals surface area (Å²) >= 11 is 0. The lowest BCUT2D eigenvalue weighted by Crippen LogP contribution is -2.47.